The number of hydrogen-bond acceptors (Lipinski definition) is 4. The molecule has 2 rings (SSSR count). The molecule has 0 bridgehead atoms. The molecule has 1 atom stereocenters. The van der Waals surface area contributed by atoms with Crippen molar-refractivity contribution in [2.45, 2.75) is 25.5 Å². The zero-order valence-electron chi connectivity index (χ0n) is 12.5. The van der Waals surface area contributed by atoms with Crippen molar-refractivity contribution < 1.29 is 9.59 Å². The second kappa shape index (κ2) is 7.65. The average Bonchev–Trinajstić information content (AvgIpc) is 2.81. The molecule has 1 aliphatic heterocycles. The molecule has 1 aliphatic rings. The topological polar surface area (TPSA) is 61.8 Å². The zero-order valence-corrected chi connectivity index (χ0v) is 14.1. The Morgan fingerprint density at radius 1 is 1.41 bits per heavy atom. The summed E-state index contributed by atoms with van der Waals surface area (Å²) in [5.41, 5.74) is 0.623. The van der Waals surface area contributed by atoms with E-state index in [0.717, 1.165) is 13.1 Å². The highest BCUT2D eigenvalue weighted by Crippen LogP contribution is 2.27. The Bertz CT molecular complexity index is 602. The van der Waals surface area contributed by atoms with Crippen LogP contribution in [0.3, 0.4) is 0 Å². The van der Waals surface area contributed by atoms with E-state index in [1.165, 1.54) is 11.8 Å². The number of nitrogens with one attached hydrogen (secondary N) is 1. The van der Waals surface area contributed by atoms with Gasteiger partial charge in [0.1, 0.15) is 5.25 Å². The highest BCUT2D eigenvalue weighted by molar-refractivity contribution is 8.15. The van der Waals surface area contributed by atoms with E-state index >= 15 is 0 Å². The van der Waals surface area contributed by atoms with Gasteiger partial charge in [0, 0.05) is 30.2 Å². The summed E-state index contributed by atoms with van der Waals surface area (Å²) in [5.74, 6) is -0.461. The van der Waals surface area contributed by atoms with Gasteiger partial charge >= 0.3 is 0 Å². The molecule has 1 aromatic carbocycles. The number of halogens is 1. The molecule has 0 saturated heterocycles. The van der Waals surface area contributed by atoms with Crippen LogP contribution < -0.4 is 5.32 Å². The Balaban J connectivity index is 1.92. The van der Waals surface area contributed by atoms with E-state index in [1.807, 2.05) is 18.7 Å². The molecule has 7 heteroatoms. The Hall–Kier alpha value is -1.53. The third-order valence-corrected chi connectivity index (χ3v) is 4.69. The molecule has 0 aromatic heterocycles. The minimum absolute atomic E-state index is 0.101. The summed E-state index contributed by atoms with van der Waals surface area (Å²) in [6.45, 7) is 5.60. The van der Waals surface area contributed by atoms with Crippen LogP contribution in [0.15, 0.2) is 29.3 Å². The van der Waals surface area contributed by atoms with Gasteiger partial charge in [-0.1, -0.05) is 29.4 Å². The Kier molecular flexibility index (Phi) is 5.85. The van der Waals surface area contributed by atoms with Crippen LogP contribution >= 0.6 is 23.4 Å². The third-order valence-electron chi connectivity index (χ3n) is 3.24. The summed E-state index contributed by atoms with van der Waals surface area (Å²) in [6.07, 6.45) is 0.101. The van der Waals surface area contributed by atoms with Gasteiger partial charge in [0.2, 0.25) is 5.91 Å². The van der Waals surface area contributed by atoms with Crippen molar-refractivity contribution in [3.05, 3.63) is 29.3 Å². The molecule has 0 aliphatic carbocycles. The quantitative estimate of drug-likeness (QED) is 0.895. The standard InChI is InChI=1S/C15H18ClN3O2S/c1-3-19(4-2)15-18-14(21)12(22-15)9-13(20)17-11-7-5-6-10(16)8-11/h5-8,12H,3-4,9H2,1-2H3,(H,17,20). The van der Waals surface area contributed by atoms with Crippen molar-refractivity contribution in [2.24, 2.45) is 4.99 Å². The Labute approximate surface area is 139 Å². The van der Waals surface area contributed by atoms with Gasteiger partial charge in [0.15, 0.2) is 5.17 Å². The minimum Gasteiger partial charge on any atom is -0.352 e. The first-order valence-electron chi connectivity index (χ1n) is 7.13. The smallest absolute Gasteiger partial charge is 0.262 e. The van der Waals surface area contributed by atoms with Gasteiger partial charge in [-0.15, -0.1) is 0 Å². The first kappa shape index (κ1) is 16.8. The molecule has 1 heterocycles. The van der Waals surface area contributed by atoms with Crippen molar-refractivity contribution in [1.29, 1.82) is 0 Å². The maximum Gasteiger partial charge on any atom is 0.262 e. The predicted molar refractivity (Wildman–Crippen MR) is 91.4 cm³/mol. The maximum atomic E-state index is 12.1. The predicted octanol–water partition coefficient (Wildman–Crippen LogP) is 3.01. The van der Waals surface area contributed by atoms with Crippen LogP contribution in [0.1, 0.15) is 20.3 Å². The summed E-state index contributed by atoms with van der Waals surface area (Å²) >= 11 is 7.23. The molecule has 1 aromatic rings. The fourth-order valence-corrected chi connectivity index (χ4v) is 3.47. The SMILES string of the molecule is CCN(CC)C1=NC(=O)C(CC(=O)Nc2cccc(Cl)c2)S1. The molecule has 118 valence electrons. The lowest BCUT2D eigenvalue weighted by Crippen LogP contribution is -2.27. The molecule has 0 fully saturated rings. The number of aliphatic imine (C=N–C) groups is 1. The number of rotatable bonds is 5. The highest BCUT2D eigenvalue weighted by atomic mass is 35.5. The van der Waals surface area contributed by atoms with Crippen LogP contribution in [-0.2, 0) is 9.59 Å². The van der Waals surface area contributed by atoms with Crippen LogP contribution in [0.2, 0.25) is 5.02 Å². The second-order valence-corrected chi connectivity index (χ2v) is 6.38. The number of amidine groups is 1. The summed E-state index contributed by atoms with van der Waals surface area (Å²) < 4.78 is 0. The maximum absolute atomic E-state index is 12.1. The molecule has 2 amide bonds. The number of anilines is 1. The molecule has 5 nitrogen and oxygen atoms in total. The zero-order chi connectivity index (χ0) is 16.1. The van der Waals surface area contributed by atoms with E-state index < -0.39 is 5.25 Å². The molecule has 22 heavy (non-hydrogen) atoms. The minimum atomic E-state index is -0.449. The monoisotopic (exact) mass is 339 g/mol. The molecular formula is C15H18ClN3O2S. The van der Waals surface area contributed by atoms with Crippen LogP contribution in [0.5, 0.6) is 0 Å². The summed E-state index contributed by atoms with van der Waals surface area (Å²) in [4.78, 5) is 30.0. The van der Waals surface area contributed by atoms with Gasteiger partial charge in [0.05, 0.1) is 0 Å². The third kappa shape index (κ3) is 4.24. The van der Waals surface area contributed by atoms with Crippen LogP contribution in [0.25, 0.3) is 0 Å². The molecular weight excluding hydrogens is 322 g/mol. The Morgan fingerprint density at radius 2 is 2.14 bits per heavy atom. The first-order valence-corrected chi connectivity index (χ1v) is 8.38. The fraction of sp³-hybridized carbons (Fsp3) is 0.400. The van der Waals surface area contributed by atoms with E-state index in [1.54, 1.807) is 24.3 Å². The fourth-order valence-electron chi connectivity index (χ4n) is 2.09. The largest absolute Gasteiger partial charge is 0.352 e. The lowest BCUT2D eigenvalue weighted by atomic mass is 10.2. The number of hydrogen-bond donors (Lipinski definition) is 1. The van der Waals surface area contributed by atoms with E-state index in [0.29, 0.717) is 15.9 Å². The molecule has 1 unspecified atom stereocenters. The van der Waals surface area contributed by atoms with Crippen molar-refractivity contribution in [3.63, 3.8) is 0 Å². The molecule has 0 saturated carbocycles. The second-order valence-electron chi connectivity index (χ2n) is 4.77. The number of amides is 2. The highest BCUT2D eigenvalue weighted by Gasteiger charge is 2.32. The molecule has 0 spiro atoms. The lowest BCUT2D eigenvalue weighted by molar-refractivity contribution is -0.121. The number of thioether (sulfide) groups is 1. The summed E-state index contributed by atoms with van der Waals surface area (Å²) in [6, 6.07) is 6.92. The van der Waals surface area contributed by atoms with Gasteiger partial charge < -0.3 is 10.2 Å². The van der Waals surface area contributed by atoms with Gasteiger partial charge in [-0.25, -0.2) is 0 Å². The van der Waals surface area contributed by atoms with Gasteiger partial charge in [-0.3, -0.25) is 9.59 Å². The summed E-state index contributed by atoms with van der Waals surface area (Å²) in [5, 5.41) is 3.56. The number of nitrogens with zero attached hydrogens (tertiary/aromatic N) is 2. The van der Waals surface area contributed by atoms with E-state index in [2.05, 4.69) is 10.3 Å². The van der Waals surface area contributed by atoms with Gasteiger partial charge in [-0.2, -0.15) is 4.99 Å². The molecule has 1 N–H and O–H groups in total. The van der Waals surface area contributed by atoms with Crippen LogP contribution in [0, 0.1) is 0 Å². The van der Waals surface area contributed by atoms with Crippen molar-refractivity contribution in [3.8, 4) is 0 Å². The molecule has 0 radical (unpaired) electrons. The van der Waals surface area contributed by atoms with E-state index in [4.69, 9.17) is 11.6 Å². The van der Waals surface area contributed by atoms with Crippen molar-refractivity contribution >= 4 is 46.0 Å². The van der Waals surface area contributed by atoms with Gasteiger partial charge in [0.25, 0.3) is 5.91 Å². The number of benzene rings is 1. The van der Waals surface area contributed by atoms with Crippen LogP contribution in [-0.4, -0.2) is 40.2 Å². The summed E-state index contributed by atoms with van der Waals surface area (Å²) in [7, 11) is 0. The van der Waals surface area contributed by atoms with Gasteiger partial charge in [-0.05, 0) is 32.0 Å². The van der Waals surface area contributed by atoms with E-state index in [-0.39, 0.29) is 18.2 Å². The average molecular weight is 340 g/mol. The first-order chi connectivity index (χ1) is 10.5. The number of carbonyl (C=O) groups excluding carboxylic acids is 2. The normalized spacial score (nSPS) is 17.3. The van der Waals surface area contributed by atoms with Crippen LogP contribution in [0.4, 0.5) is 5.69 Å². The number of carbonyl (C=O) groups is 2. The lowest BCUT2D eigenvalue weighted by Gasteiger charge is -2.19. The van der Waals surface area contributed by atoms with Crippen molar-refractivity contribution in [1.82, 2.24) is 4.90 Å². The van der Waals surface area contributed by atoms with E-state index in [9.17, 15) is 9.59 Å². The van der Waals surface area contributed by atoms with Crippen molar-refractivity contribution in [2.75, 3.05) is 18.4 Å². The Morgan fingerprint density at radius 3 is 2.77 bits per heavy atom.